The van der Waals surface area contributed by atoms with Crippen LogP contribution in [0.2, 0.25) is 0 Å². The Kier molecular flexibility index (Phi) is 3.28. The second-order valence-corrected chi connectivity index (χ2v) is 3.31. The van der Waals surface area contributed by atoms with E-state index in [1.54, 1.807) is 13.8 Å². The molecule has 0 aromatic rings. The Hall–Kier alpha value is -1.32. The zero-order valence-corrected chi connectivity index (χ0v) is 8.41. The van der Waals surface area contributed by atoms with Crippen molar-refractivity contribution in [3.63, 3.8) is 0 Å². The number of rotatable bonds is 3. The van der Waals surface area contributed by atoms with Gasteiger partial charge in [0, 0.05) is 5.92 Å². The minimum Gasteiger partial charge on any atom is -0.465 e. The Morgan fingerprint density at radius 2 is 2.36 bits per heavy atom. The van der Waals surface area contributed by atoms with Gasteiger partial charge in [-0.05, 0) is 13.8 Å². The normalized spacial score (nSPS) is 25.7. The highest BCUT2D eigenvalue weighted by atomic mass is 16.6. The van der Waals surface area contributed by atoms with Crippen LogP contribution in [0.15, 0.2) is 12.2 Å². The fraction of sp³-hybridized carbons (Fsp3) is 0.600. The van der Waals surface area contributed by atoms with E-state index in [4.69, 9.17) is 9.47 Å². The molecule has 1 saturated heterocycles. The minimum absolute atomic E-state index is 0.234. The van der Waals surface area contributed by atoms with Crippen LogP contribution in [0.3, 0.4) is 0 Å². The zero-order valence-electron chi connectivity index (χ0n) is 8.41. The van der Waals surface area contributed by atoms with Crippen molar-refractivity contribution in [1.29, 1.82) is 0 Å². The van der Waals surface area contributed by atoms with Crippen LogP contribution in [0.25, 0.3) is 0 Å². The molecule has 0 N–H and O–H groups in total. The van der Waals surface area contributed by atoms with Crippen molar-refractivity contribution in [1.82, 2.24) is 0 Å². The molecule has 1 aliphatic heterocycles. The van der Waals surface area contributed by atoms with Gasteiger partial charge in [0.2, 0.25) is 0 Å². The molecule has 14 heavy (non-hydrogen) atoms. The van der Waals surface area contributed by atoms with Crippen LogP contribution in [0.1, 0.15) is 13.8 Å². The summed E-state index contributed by atoms with van der Waals surface area (Å²) in [5.41, 5.74) is 0.772. The number of hydrogen-bond donors (Lipinski definition) is 0. The molecule has 0 spiro atoms. The molecule has 0 bridgehead atoms. The minimum atomic E-state index is -0.813. The van der Waals surface area contributed by atoms with E-state index in [-0.39, 0.29) is 19.1 Å². The molecule has 1 rings (SSSR count). The van der Waals surface area contributed by atoms with Gasteiger partial charge in [-0.2, -0.15) is 0 Å². The molecule has 1 heterocycles. The Balaban J connectivity index is 2.76. The third-order valence-corrected chi connectivity index (χ3v) is 2.23. The summed E-state index contributed by atoms with van der Waals surface area (Å²) in [5.74, 6) is -2.06. The van der Waals surface area contributed by atoms with Gasteiger partial charge in [-0.25, -0.2) is 0 Å². The van der Waals surface area contributed by atoms with Crippen molar-refractivity contribution in [2.75, 3.05) is 13.2 Å². The van der Waals surface area contributed by atoms with Gasteiger partial charge in [-0.3, -0.25) is 9.59 Å². The van der Waals surface area contributed by atoms with E-state index >= 15 is 0 Å². The lowest BCUT2D eigenvalue weighted by molar-refractivity contribution is -0.156. The third kappa shape index (κ3) is 1.95. The van der Waals surface area contributed by atoms with Crippen molar-refractivity contribution >= 4 is 11.9 Å². The van der Waals surface area contributed by atoms with Gasteiger partial charge < -0.3 is 9.47 Å². The standard InChI is InChI=1S/C10H14O4/c1-4-13-9(11)8-7(6(2)3)5-14-10(8)12/h7-8H,2,4-5H2,1,3H3. The molecule has 1 fully saturated rings. The maximum absolute atomic E-state index is 11.4. The van der Waals surface area contributed by atoms with Gasteiger partial charge in [-0.15, -0.1) is 0 Å². The summed E-state index contributed by atoms with van der Waals surface area (Å²) in [6, 6.07) is 0. The third-order valence-electron chi connectivity index (χ3n) is 2.23. The van der Waals surface area contributed by atoms with Crippen molar-refractivity contribution in [2.24, 2.45) is 11.8 Å². The number of hydrogen-bond acceptors (Lipinski definition) is 4. The lowest BCUT2D eigenvalue weighted by atomic mass is 9.90. The van der Waals surface area contributed by atoms with Gasteiger partial charge in [0.25, 0.3) is 0 Å². The highest BCUT2D eigenvalue weighted by Crippen LogP contribution is 2.28. The van der Waals surface area contributed by atoms with Gasteiger partial charge in [0.15, 0.2) is 5.92 Å². The SMILES string of the molecule is C=C(C)C1COC(=O)C1C(=O)OCC. The maximum Gasteiger partial charge on any atom is 0.321 e. The van der Waals surface area contributed by atoms with Crippen LogP contribution in [0.5, 0.6) is 0 Å². The predicted octanol–water partition coefficient (Wildman–Crippen LogP) is 0.915. The van der Waals surface area contributed by atoms with Crippen LogP contribution >= 0.6 is 0 Å². The first-order chi connectivity index (χ1) is 6.57. The second kappa shape index (κ2) is 4.26. The molecule has 0 radical (unpaired) electrons. The average molecular weight is 198 g/mol. The smallest absolute Gasteiger partial charge is 0.321 e. The number of esters is 2. The summed E-state index contributed by atoms with van der Waals surface area (Å²) in [6.45, 7) is 7.71. The molecule has 78 valence electrons. The van der Waals surface area contributed by atoms with E-state index in [0.29, 0.717) is 0 Å². The fourth-order valence-corrected chi connectivity index (χ4v) is 1.44. The highest BCUT2D eigenvalue weighted by Gasteiger charge is 2.43. The number of carbonyl (C=O) groups is 2. The molecule has 0 saturated carbocycles. The summed E-state index contributed by atoms with van der Waals surface area (Å²) in [5, 5.41) is 0. The van der Waals surface area contributed by atoms with Crippen LogP contribution < -0.4 is 0 Å². The van der Waals surface area contributed by atoms with Crippen LogP contribution in [0.4, 0.5) is 0 Å². The molecule has 4 heteroatoms. The first-order valence-corrected chi connectivity index (χ1v) is 4.56. The van der Waals surface area contributed by atoms with E-state index < -0.39 is 17.9 Å². The van der Waals surface area contributed by atoms with Crippen LogP contribution in [0, 0.1) is 11.8 Å². The predicted molar refractivity (Wildman–Crippen MR) is 49.4 cm³/mol. The van der Waals surface area contributed by atoms with Crippen molar-refractivity contribution in [3.8, 4) is 0 Å². The summed E-state index contributed by atoms with van der Waals surface area (Å²) in [4.78, 5) is 22.6. The van der Waals surface area contributed by atoms with Crippen LogP contribution in [-0.4, -0.2) is 25.2 Å². The fourth-order valence-electron chi connectivity index (χ4n) is 1.44. The number of ether oxygens (including phenoxy) is 2. The van der Waals surface area contributed by atoms with E-state index in [1.807, 2.05) is 0 Å². The molecular formula is C10H14O4. The lowest BCUT2D eigenvalue weighted by Gasteiger charge is -2.13. The molecule has 2 atom stereocenters. The molecule has 0 aromatic carbocycles. The molecular weight excluding hydrogens is 184 g/mol. The van der Waals surface area contributed by atoms with Crippen molar-refractivity contribution in [2.45, 2.75) is 13.8 Å². The quantitative estimate of drug-likeness (QED) is 0.384. The number of cyclic esters (lactones) is 1. The number of carbonyl (C=O) groups excluding carboxylic acids is 2. The largest absolute Gasteiger partial charge is 0.465 e. The van der Waals surface area contributed by atoms with E-state index in [0.717, 1.165) is 5.57 Å². The molecule has 0 aliphatic carbocycles. The maximum atomic E-state index is 11.4. The zero-order chi connectivity index (χ0) is 10.7. The van der Waals surface area contributed by atoms with E-state index in [9.17, 15) is 9.59 Å². The summed E-state index contributed by atoms with van der Waals surface area (Å²) in [7, 11) is 0. The lowest BCUT2D eigenvalue weighted by Crippen LogP contribution is -2.28. The Morgan fingerprint density at radius 1 is 1.71 bits per heavy atom. The van der Waals surface area contributed by atoms with Gasteiger partial charge in [0.1, 0.15) is 0 Å². The summed E-state index contributed by atoms with van der Waals surface area (Å²) >= 11 is 0. The molecule has 2 unspecified atom stereocenters. The molecule has 4 nitrogen and oxygen atoms in total. The Bertz CT molecular complexity index is 269. The highest BCUT2D eigenvalue weighted by molar-refractivity contribution is 5.97. The van der Waals surface area contributed by atoms with E-state index in [2.05, 4.69) is 6.58 Å². The van der Waals surface area contributed by atoms with Gasteiger partial charge >= 0.3 is 11.9 Å². The topological polar surface area (TPSA) is 52.6 Å². The molecule has 1 aliphatic rings. The molecule has 0 aromatic heterocycles. The van der Waals surface area contributed by atoms with Crippen molar-refractivity contribution in [3.05, 3.63) is 12.2 Å². The monoisotopic (exact) mass is 198 g/mol. The second-order valence-electron chi connectivity index (χ2n) is 3.31. The van der Waals surface area contributed by atoms with Crippen molar-refractivity contribution < 1.29 is 19.1 Å². The summed E-state index contributed by atoms with van der Waals surface area (Å²) < 4.78 is 9.60. The Labute approximate surface area is 82.9 Å². The molecule has 0 amide bonds. The van der Waals surface area contributed by atoms with Gasteiger partial charge in [0.05, 0.1) is 13.2 Å². The first-order valence-electron chi connectivity index (χ1n) is 4.56. The van der Waals surface area contributed by atoms with E-state index in [1.165, 1.54) is 0 Å². The summed E-state index contributed by atoms with van der Waals surface area (Å²) in [6.07, 6.45) is 0. The van der Waals surface area contributed by atoms with Crippen LogP contribution in [-0.2, 0) is 19.1 Å². The average Bonchev–Trinajstić information content (AvgIpc) is 2.47. The Morgan fingerprint density at radius 3 is 2.86 bits per heavy atom. The first kappa shape index (κ1) is 10.8. The van der Waals surface area contributed by atoms with Gasteiger partial charge in [-0.1, -0.05) is 12.2 Å².